The molecule has 0 aromatic carbocycles. The van der Waals surface area contributed by atoms with Crippen LogP contribution >= 0.6 is 0 Å². The van der Waals surface area contributed by atoms with Crippen LogP contribution in [0.3, 0.4) is 0 Å². The molecule has 0 aromatic heterocycles. The molecule has 0 unspecified atom stereocenters. The minimum atomic E-state index is -1.35. The third-order valence-electron chi connectivity index (χ3n) is 8.78. The summed E-state index contributed by atoms with van der Waals surface area (Å²) in [5, 5.41) is 21.4. The van der Waals surface area contributed by atoms with Gasteiger partial charge in [0.2, 0.25) is 0 Å². The number of allylic oxidation sites excluding steroid dienone is 1. The molecule has 0 aliphatic heterocycles. The molecule has 0 radical (unpaired) electrons. The van der Waals surface area contributed by atoms with Crippen LogP contribution < -0.4 is 0 Å². The molecular weight excluding hydrogens is 312 g/mol. The molecule has 7 atom stereocenters. The van der Waals surface area contributed by atoms with Gasteiger partial charge in [-0.25, -0.2) is 0 Å². The Kier molecular flexibility index (Phi) is 3.70. The highest BCUT2D eigenvalue weighted by Crippen LogP contribution is 2.68. The predicted molar refractivity (Wildman–Crippen MR) is 97.9 cm³/mol. The normalized spacial score (nSPS) is 52.0. The minimum Gasteiger partial charge on any atom is -0.393 e. The molecule has 138 valence electrons. The van der Waals surface area contributed by atoms with E-state index in [9.17, 15) is 15.0 Å². The Balaban J connectivity index is 1.73. The molecule has 4 aliphatic carbocycles. The molecule has 0 bridgehead atoms. The smallest absolute Gasteiger partial charge is 0.166 e. The van der Waals surface area contributed by atoms with E-state index in [1.807, 2.05) is 0 Å². The van der Waals surface area contributed by atoms with Crippen molar-refractivity contribution >= 4 is 5.78 Å². The van der Waals surface area contributed by atoms with E-state index in [0.717, 1.165) is 50.5 Å². The first-order valence-electron chi connectivity index (χ1n) is 9.94. The second-order valence-electron chi connectivity index (χ2n) is 9.69. The zero-order chi connectivity index (χ0) is 18.2. The van der Waals surface area contributed by atoms with Gasteiger partial charge in [0.05, 0.1) is 6.10 Å². The average Bonchev–Trinajstić information content (AvgIpc) is 2.77. The fourth-order valence-corrected chi connectivity index (χ4v) is 7.26. The van der Waals surface area contributed by atoms with Crippen LogP contribution in [0.5, 0.6) is 0 Å². The Labute approximate surface area is 151 Å². The van der Waals surface area contributed by atoms with Crippen molar-refractivity contribution in [3.05, 3.63) is 23.8 Å². The lowest BCUT2D eigenvalue weighted by Gasteiger charge is -2.58. The van der Waals surface area contributed by atoms with Crippen molar-refractivity contribution in [3.8, 4) is 0 Å². The third kappa shape index (κ3) is 2.03. The van der Waals surface area contributed by atoms with E-state index in [2.05, 4.69) is 26.5 Å². The van der Waals surface area contributed by atoms with Crippen LogP contribution in [0.25, 0.3) is 0 Å². The first kappa shape index (κ1) is 17.5. The molecule has 0 spiro atoms. The SMILES string of the molecule is C=C1C[C@@H]2[C@H]3CC=C4C[C@H](O)CC[C@]4(C)[C@@H]3CC[C@@]2(C)[C@]1(O)C(C)=O. The summed E-state index contributed by atoms with van der Waals surface area (Å²) in [5.74, 6) is 1.29. The second kappa shape index (κ2) is 5.29. The van der Waals surface area contributed by atoms with Gasteiger partial charge in [-0.1, -0.05) is 32.1 Å². The molecule has 3 saturated carbocycles. The Hall–Kier alpha value is -0.930. The third-order valence-corrected chi connectivity index (χ3v) is 8.78. The average molecular weight is 344 g/mol. The molecule has 4 aliphatic rings. The fourth-order valence-electron chi connectivity index (χ4n) is 7.26. The van der Waals surface area contributed by atoms with Crippen molar-refractivity contribution in [2.75, 3.05) is 0 Å². The number of aliphatic hydroxyl groups excluding tert-OH is 1. The Morgan fingerprint density at radius 3 is 2.60 bits per heavy atom. The molecule has 0 aromatic rings. The molecular formula is C22H32O3. The van der Waals surface area contributed by atoms with Crippen LogP contribution in [-0.2, 0) is 4.79 Å². The van der Waals surface area contributed by atoms with Gasteiger partial charge in [-0.15, -0.1) is 0 Å². The highest BCUT2D eigenvalue weighted by Gasteiger charge is 2.66. The molecule has 3 nitrogen and oxygen atoms in total. The van der Waals surface area contributed by atoms with Crippen LogP contribution in [0.2, 0.25) is 0 Å². The molecule has 4 rings (SSSR count). The molecule has 0 saturated heterocycles. The van der Waals surface area contributed by atoms with Crippen molar-refractivity contribution < 1.29 is 15.0 Å². The van der Waals surface area contributed by atoms with Gasteiger partial charge < -0.3 is 10.2 Å². The van der Waals surface area contributed by atoms with Crippen LogP contribution in [0, 0.1) is 28.6 Å². The van der Waals surface area contributed by atoms with Gasteiger partial charge in [0, 0.05) is 5.41 Å². The summed E-state index contributed by atoms with van der Waals surface area (Å²) in [6.45, 7) is 10.2. The summed E-state index contributed by atoms with van der Waals surface area (Å²) in [7, 11) is 0. The highest BCUT2D eigenvalue weighted by molar-refractivity contribution is 5.90. The van der Waals surface area contributed by atoms with E-state index in [1.54, 1.807) is 0 Å². The molecule has 3 heteroatoms. The molecule has 0 heterocycles. The zero-order valence-electron chi connectivity index (χ0n) is 15.8. The van der Waals surface area contributed by atoms with Crippen molar-refractivity contribution in [2.45, 2.75) is 77.4 Å². The number of rotatable bonds is 1. The summed E-state index contributed by atoms with van der Waals surface area (Å²) < 4.78 is 0. The van der Waals surface area contributed by atoms with Crippen molar-refractivity contribution in [3.63, 3.8) is 0 Å². The van der Waals surface area contributed by atoms with Crippen molar-refractivity contribution in [2.24, 2.45) is 28.6 Å². The lowest BCUT2D eigenvalue weighted by Crippen LogP contribution is -2.57. The number of aliphatic hydroxyl groups is 2. The van der Waals surface area contributed by atoms with Gasteiger partial charge in [0.1, 0.15) is 5.60 Å². The van der Waals surface area contributed by atoms with Gasteiger partial charge in [0.15, 0.2) is 5.78 Å². The molecule has 3 fully saturated rings. The fraction of sp³-hybridized carbons (Fsp3) is 0.773. The van der Waals surface area contributed by atoms with Crippen LogP contribution in [0.4, 0.5) is 0 Å². The predicted octanol–water partition coefficient (Wildman–Crippen LogP) is 3.80. The van der Waals surface area contributed by atoms with Gasteiger partial charge in [-0.2, -0.15) is 0 Å². The van der Waals surface area contributed by atoms with E-state index in [-0.39, 0.29) is 22.7 Å². The first-order valence-corrected chi connectivity index (χ1v) is 9.94. The zero-order valence-corrected chi connectivity index (χ0v) is 15.8. The van der Waals surface area contributed by atoms with E-state index in [1.165, 1.54) is 12.5 Å². The highest BCUT2D eigenvalue weighted by atomic mass is 16.3. The van der Waals surface area contributed by atoms with Crippen molar-refractivity contribution in [1.82, 2.24) is 0 Å². The number of carbonyl (C=O) groups is 1. The molecule has 0 amide bonds. The summed E-state index contributed by atoms with van der Waals surface area (Å²) in [4.78, 5) is 12.4. The topological polar surface area (TPSA) is 57.5 Å². The lowest BCUT2D eigenvalue weighted by atomic mass is 9.46. The summed E-state index contributed by atoms with van der Waals surface area (Å²) in [5.41, 5.74) is 0.632. The maximum Gasteiger partial charge on any atom is 0.166 e. The van der Waals surface area contributed by atoms with E-state index in [0.29, 0.717) is 17.8 Å². The standard InChI is InChI=1S/C22H32O3/c1-13-11-19-17-6-5-15-12-16(24)7-9-20(15,3)18(17)8-10-21(19,4)22(13,25)14(2)23/h5,16-19,24-25H,1,6-12H2,2-4H3/t16-,17+,18-,19-,20+,21-,22-/m1/s1. The quantitative estimate of drug-likeness (QED) is 0.712. The Morgan fingerprint density at radius 1 is 1.20 bits per heavy atom. The van der Waals surface area contributed by atoms with E-state index >= 15 is 0 Å². The van der Waals surface area contributed by atoms with Gasteiger partial charge in [-0.05, 0) is 80.6 Å². The monoisotopic (exact) mass is 344 g/mol. The van der Waals surface area contributed by atoms with Crippen molar-refractivity contribution in [1.29, 1.82) is 0 Å². The number of ketones is 1. The van der Waals surface area contributed by atoms with Crippen LogP contribution in [0.15, 0.2) is 23.8 Å². The summed E-state index contributed by atoms with van der Waals surface area (Å²) >= 11 is 0. The Morgan fingerprint density at radius 2 is 1.92 bits per heavy atom. The number of fused-ring (bicyclic) bond motifs is 5. The van der Waals surface area contributed by atoms with E-state index in [4.69, 9.17) is 0 Å². The molecule has 25 heavy (non-hydrogen) atoms. The summed E-state index contributed by atoms with van der Waals surface area (Å²) in [6.07, 6.45) is 8.71. The summed E-state index contributed by atoms with van der Waals surface area (Å²) in [6, 6.07) is 0. The largest absolute Gasteiger partial charge is 0.393 e. The number of Topliss-reactive ketones (excluding diaryl/α,β-unsaturated/α-hetero) is 1. The van der Waals surface area contributed by atoms with Gasteiger partial charge in [-0.3, -0.25) is 4.79 Å². The lowest BCUT2D eigenvalue weighted by molar-refractivity contribution is -0.153. The maximum absolute atomic E-state index is 12.4. The number of carbonyl (C=O) groups excluding carboxylic acids is 1. The number of hydrogen-bond donors (Lipinski definition) is 2. The molecule has 2 N–H and O–H groups in total. The van der Waals surface area contributed by atoms with E-state index < -0.39 is 5.60 Å². The Bertz CT molecular complexity index is 664. The van der Waals surface area contributed by atoms with Gasteiger partial charge in [0.25, 0.3) is 0 Å². The number of hydrogen-bond acceptors (Lipinski definition) is 3. The second-order valence-corrected chi connectivity index (χ2v) is 9.69. The maximum atomic E-state index is 12.4. The van der Waals surface area contributed by atoms with Gasteiger partial charge >= 0.3 is 0 Å². The first-order chi connectivity index (χ1) is 11.6. The van der Waals surface area contributed by atoms with Crippen LogP contribution in [-0.4, -0.2) is 27.7 Å². The minimum absolute atomic E-state index is 0.139. The van der Waals surface area contributed by atoms with Crippen LogP contribution in [0.1, 0.15) is 65.7 Å².